The van der Waals surface area contributed by atoms with Crippen LogP contribution in [0, 0.1) is 0 Å². The van der Waals surface area contributed by atoms with Gasteiger partial charge in [0, 0.05) is 17.8 Å². The van der Waals surface area contributed by atoms with Crippen LogP contribution >= 0.6 is 11.3 Å². The molecule has 1 aliphatic rings. The van der Waals surface area contributed by atoms with Crippen LogP contribution in [0.2, 0.25) is 0 Å². The molecule has 0 saturated heterocycles. The van der Waals surface area contributed by atoms with Gasteiger partial charge in [-0.1, -0.05) is 11.6 Å². The molecule has 3 aromatic heterocycles. The molecule has 2 N–H and O–H groups in total. The second-order valence-electron chi connectivity index (χ2n) is 5.19. The van der Waals surface area contributed by atoms with E-state index in [4.69, 9.17) is 10.3 Å². The van der Waals surface area contributed by atoms with Gasteiger partial charge in [0.15, 0.2) is 0 Å². The minimum atomic E-state index is 0.140. The average molecular weight is 286 g/mol. The van der Waals surface area contributed by atoms with E-state index in [1.54, 1.807) is 17.5 Å². The summed E-state index contributed by atoms with van der Waals surface area (Å²) in [7, 11) is 0. The van der Waals surface area contributed by atoms with Gasteiger partial charge in [-0.25, -0.2) is 0 Å². The molecular weight excluding hydrogens is 272 g/mol. The molecule has 1 saturated carbocycles. The summed E-state index contributed by atoms with van der Waals surface area (Å²) in [4.78, 5) is 8.91. The highest BCUT2D eigenvalue weighted by Crippen LogP contribution is 2.33. The van der Waals surface area contributed by atoms with Crippen molar-refractivity contribution in [3.05, 3.63) is 29.6 Å². The van der Waals surface area contributed by atoms with Crippen LogP contribution in [0.1, 0.15) is 31.1 Å². The molecule has 6 heteroatoms. The molecule has 2 atom stereocenters. The lowest BCUT2D eigenvalue weighted by atomic mass is 10.1. The van der Waals surface area contributed by atoms with E-state index in [9.17, 15) is 0 Å². The van der Waals surface area contributed by atoms with E-state index in [0.29, 0.717) is 11.7 Å². The summed E-state index contributed by atoms with van der Waals surface area (Å²) in [5.41, 5.74) is 7.97. The van der Waals surface area contributed by atoms with Crippen LogP contribution in [0.15, 0.2) is 28.2 Å². The van der Waals surface area contributed by atoms with Crippen molar-refractivity contribution < 1.29 is 4.52 Å². The molecular formula is C14H14N4OS. The highest BCUT2D eigenvalue weighted by molar-refractivity contribution is 7.17. The Labute approximate surface area is 119 Å². The predicted molar refractivity (Wildman–Crippen MR) is 77.5 cm³/mol. The Balaban J connectivity index is 1.70. The van der Waals surface area contributed by atoms with E-state index in [0.717, 1.165) is 35.0 Å². The van der Waals surface area contributed by atoms with Gasteiger partial charge in [0.1, 0.15) is 0 Å². The fraction of sp³-hybridized carbons (Fsp3) is 0.357. The molecule has 0 spiro atoms. The molecule has 3 heterocycles. The van der Waals surface area contributed by atoms with Crippen molar-refractivity contribution in [2.24, 2.45) is 5.73 Å². The maximum atomic E-state index is 6.08. The maximum absolute atomic E-state index is 6.08. The Morgan fingerprint density at radius 3 is 3.15 bits per heavy atom. The Kier molecular flexibility index (Phi) is 2.78. The number of aromatic nitrogens is 3. The molecule has 0 amide bonds. The monoisotopic (exact) mass is 286 g/mol. The van der Waals surface area contributed by atoms with E-state index in [1.807, 2.05) is 11.4 Å². The normalized spacial score (nSPS) is 22.6. The molecule has 20 heavy (non-hydrogen) atoms. The summed E-state index contributed by atoms with van der Waals surface area (Å²) in [6.07, 6.45) is 4.99. The Morgan fingerprint density at radius 1 is 1.35 bits per heavy atom. The predicted octanol–water partition coefficient (Wildman–Crippen LogP) is 2.94. The molecule has 102 valence electrons. The zero-order valence-electron chi connectivity index (χ0n) is 10.8. The Morgan fingerprint density at radius 2 is 2.30 bits per heavy atom. The second-order valence-corrected chi connectivity index (χ2v) is 6.13. The SMILES string of the molecule is NC1CCCC1c1nc(-c2cnc3ccsc3c2)no1. The maximum Gasteiger partial charge on any atom is 0.231 e. The molecule has 1 aliphatic carbocycles. The number of thiophene rings is 1. The highest BCUT2D eigenvalue weighted by Gasteiger charge is 2.30. The van der Waals surface area contributed by atoms with Gasteiger partial charge in [-0.15, -0.1) is 11.3 Å². The van der Waals surface area contributed by atoms with Crippen molar-refractivity contribution in [3.8, 4) is 11.4 Å². The van der Waals surface area contributed by atoms with Crippen molar-refractivity contribution in [2.75, 3.05) is 0 Å². The van der Waals surface area contributed by atoms with Crippen molar-refractivity contribution in [1.29, 1.82) is 0 Å². The molecule has 0 bridgehead atoms. The fourth-order valence-electron chi connectivity index (χ4n) is 2.77. The van der Waals surface area contributed by atoms with Gasteiger partial charge in [-0.3, -0.25) is 4.98 Å². The minimum Gasteiger partial charge on any atom is -0.339 e. The van der Waals surface area contributed by atoms with E-state index in [2.05, 4.69) is 21.2 Å². The van der Waals surface area contributed by atoms with Crippen LogP contribution in [0.4, 0.5) is 0 Å². The van der Waals surface area contributed by atoms with E-state index >= 15 is 0 Å². The zero-order valence-corrected chi connectivity index (χ0v) is 11.6. The number of pyridine rings is 1. The third-order valence-electron chi connectivity index (χ3n) is 3.89. The molecule has 3 aromatic rings. The number of nitrogens with zero attached hydrogens (tertiary/aromatic N) is 3. The number of fused-ring (bicyclic) bond motifs is 1. The van der Waals surface area contributed by atoms with Crippen LogP contribution in [0.5, 0.6) is 0 Å². The average Bonchev–Trinajstić information content (AvgIpc) is 3.17. The van der Waals surface area contributed by atoms with Gasteiger partial charge >= 0.3 is 0 Å². The van der Waals surface area contributed by atoms with Gasteiger partial charge in [0.05, 0.1) is 16.1 Å². The third-order valence-corrected chi connectivity index (χ3v) is 4.74. The molecule has 0 aromatic carbocycles. The quantitative estimate of drug-likeness (QED) is 0.783. The standard InChI is InChI=1S/C14H14N4OS/c15-10-3-1-2-9(10)14-17-13(18-19-14)8-6-12-11(16-7-8)4-5-20-12/h4-7,9-10H,1-3,15H2. The van der Waals surface area contributed by atoms with Crippen molar-refractivity contribution in [1.82, 2.24) is 15.1 Å². The summed E-state index contributed by atoms with van der Waals surface area (Å²) in [6, 6.07) is 4.19. The van der Waals surface area contributed by atoms with Crippen LogP contribution in [-0.2, 0) is 0 Å². The highest BCUT2D eigenvalue weighted by atomic mass is 32.1. The van der Waals surface area contributed by atoms with Gasteiger partial charge in [-0.05, 0) is 30.4 Å². The molecule has 0 radical (unpaired) electrons. The van der Waals surface area contributed by atoms with Gasteiger partial charge in [-0.2, -0.15) is 4.98 Å². The van der Waals surface area contributed by atoms with Crippen LogP contribution in [0.3, 0.4) is 0 Å². The van der Waals surface area contributed by atoms with Gasteiger partial charge in [0.2, 0.25) is 11.7 Å². The number of hydrogen-bond acceptors (Lipinski definition) is 6. The van der Waals surface area contributed by atoms with Crippen molar-refractivity contribution in [2.45, 2.75) is 31.2 Å². The topological polar surface area (TPSA) is 77.8 Å². The lowest BCUT2D eigenvalue weighted by Gasteiger charge is -2.08. The number of hydrogen-bond donors (Lipinski definition) is 1. The first-order chi connectivity index (χ1) is 9.81. The van der Waals surface area contributed by atoms with E-state index in [1.165, 1.54) is 0 Å². The van der Waals surface area contributed by atoms with Gasteiger partial charge in [0.25, 0.3) is 0 Å². The molecule has 4 rings (SSSR count). The van der Waals surface area contributed by atoms with E-state index < -0.39 is 0 Å². The minimum absolute atomic E-state index is 0.140. The first-order valence-corrected chi connectivity index (χ1v) is 7.62. The van der Waals surface area contributed by atoms with Crippen molar-refractivity contribution >= 4 is 21.6 Å². The Hall–Kier alpha value is -1.79. The van der Waals surface area contributed by atoms with Gasteiger partial charge < -0.3 is 10.3 Å². The Bertz CT molecular complexity index is 750. The first-order valence-electron chi connectivity index (χ1n) is 6.74. The van der Waals surface area contributed by atoms with Crippen molar-refractivity contribution in [3.63, 3.8) is 0 Å². The summed E-state index contributed by atoms with van der Waals surface area (Å²) >= 11 is 1.66. The lowest BCUT2D eigenvalue weighted by Crippen LogP contribution is -2.22. The largest absolute Gasteiger partial charge is 0.339 e. The molecule has 1 fully saturated rings. The van der Waals surface area contributed by atoms with Crippen LogP contribution in [0.25, 0.3) is 21.6 Å². The lowest BCUT2D eigenvalue weighted by molar-refractivity contribution is 0.345. The summed E-state index contributed by atoms with van der Waals surface area (Å²) in [5.74, 6) is 1.47. The third kappa shape index (κ3) is 1.92. The smallest absolute Gasteiger partial charge is 0.231 e. The zero-order chi connectivity index (χ0) is 13.5. The molecule has 0 aliphatic heterocycles. The summed E-state index contributed by atoms with van der Waals surface area (Å²) < 4.78 is 6.53. The first kappa shape index (κ1) is 12.0. The van der Waals surface area contributed by atoms with Crippen LogP contribution < -0.4 is 5.73 Å². The van der Waals surface area contributed by atoms with Crippen LogP contribution in [-0.4, -0.2) is 21.2 Å². The number of rotatable bonds is 2. The van der Waals surface area contributed by atoms with E-state index in [-0.39, 0.29) is 12.0 Å². The summed E-state index contributed by atoms with van der Waals surface area (Å²) in [6.45, 7) is 0. The molecule has 5 nitrogen and oxygen atoms in total. The summed E-state index contributed by atoms with van der Waals surface area (Å²) in [5, 5.41) is 6.11. The fourth-order valence-corrected chi connectivity index (χ4v) is 3.55. The molecule has 2 unspecified atom stereocenters. The number of nitrogens with two attached hydrogens (primary N) is 1. The second kappa shape index (κ2) is 4.64.